The number of nitrogens with zero attached hydrogens (tertiary/aromatic N) is 5. The number of halogens is 4. The van der Waals surface area contributed by atoms with Gasteiger partial charge in [0.15, 0.2) is 5.82 Å². The van der Waals surface area contributed by atoms with Crippen LogP contribution in [-0.2, 0) is 10.0 Å². The van der Waals surface area contributed by atoms with Gasteiger partial charge in [-0.05, 0) is 18.2 Å². The van der Waals surface area contributed by atoms with E-state index in [1.54, 1.807) is 0 Å². The van der Waals surface area contributed by atoms with Gasteiger partial charge < -0.3 is 0 Å². The number of fused-ring (bicyclic) bond motifs is 1. The van der Waals surface area contributed by atoms with Crippen molar-refractivity contribution >= 4 is 26.6 Å². The molecule has 30 heavy (non-hydrogen) atoms. The predicted molar refractivity (Wildman–Crippen MR) is 98.1 cm³/mol. The fraction of sp³-hybridized carbons (Fsp3) is 0.118. The molecule has 4 aromatic rings. The van der Waals surface area contributed by atoms with Gasteiger partial charge in [-0.15, -0.1) is 0 Å². The average Bonchev–Trinajstić information content (AvgIpc) is 3.36. The maximum atomic E-state index is 13.2. The van der Waals surface area contributed by atoms with E-state index in [1.807, 2.05) is 0 Å². The number of aromatic nitrogens is 5. The minimum absolute atomic E-state index is 0.00729. The topological polar surface area (TPSA) is 94.7 Å². The quantitative estimate of drug-likeness (QED) is 0.461. The van der Waals surface area contributed by atoms with Crippen LogP contribution < -0.4 is 4.72 Å². The molecular formula is C17H12F4N6O2S. The molecule has 0 radical (unpaired) electrons. The number of sulfonamides is 1. The van der Waals surface area contributed by atoms with Crippen LogP contribution in [-0.4, -0.2) is 33.0 Å². The number of benzene rings is 1. The lowest BCUT2D eigenvalue weighted by atomic mass is 10.2. The van der Waals surface area contributed by atoms with Gasteiger partial charge in [0.05, 0.1) is 29.8 Å². The normalized spacial score (nSPS) is 12.2. The van der Waals surface area contributed by atoms with Crippen LogP contribution in [0.4, 0.5) is 23.2 Å². The van der Waals surface area contributed by atoms with E-state index in [1.165, 1.54) is 24.4 Å². The summed E-state index contributed by atoms with van der Waals surface area (Å²) in [5, 5.41) is 7.73. The summed E-state index contributed by atoms with van der Waals surface area (Å²) >= 11 is 0. The first-order valence-corrected chi connectivity index (χ1v) is 9.81. The fourth-order valence-corrected chi connectivity index (χ4v) is 3.80. The van der Waals surface area contributed by atoms with Crippen molar-refractivity contribution in [3.05, 3.63) is 60.7 Å². The summed E-state index contributed by atoms with van der Waals surface area (Å²) in [5.41, 5.74) is -0.490. The standard InChI is InChI=1S/C17H12F4N6O2S/c18-16(19)10-4-5-22-14(6-10)26-9-12(8-23-26)30(28,29)25-13-3-1-2-11-7-24-27(15(11)13)17(20)21/h1-9,16-17,25H. The monoisotopic (exact) mass is 440 g/mol. The Morgan fingerprint density at radius 3 is 2.57 bits per heavy atom. The molecule has 0 unspecified atom stereocenters. The third-order valence-electron chi connectivity index (χ3n) is 4.17. The first-order chi connectivity index (χ1) is 14.3. The number of nitrogens with one attached hydrogen (secondary N) is 1. The van der Waals surface area contributed by atoms with Gasteiger partial charge in [0, 0.05) is 17.1 Å². The van der Waals surface area contributed by atoms with Crippen LogP contribution in [0.15, 0.2) is 60.0 Å². The molecule has 0 aliphatic carbocycles. The largest absolute Gasteiger partial charge is 0.333 e. The maximum absolute atomic E-state index is 13.2. The van der Waals surface area contributed by atoms with E-state index >= 15 is 0 Å². The maximum Gasteiger partial charge on any atom is 0.333 e. The molecule has 156 valence electrons. The van der Waals surface area contributed by atoms with E-state index in [0.29, 0.717) is 10.1 Å². The lowest BCUT2D eigenvalue weighted by Gasteiger charge is -2.10. The predicted octanol–water partition coefficient (Wildman–Crippen LogP) is 3.75. The van der Waals surface area contributed by atoms with E-state index in [0.717, 1.165) is 35.4 Å². The molecule has 0 saturated carbocycles. The second-order valence-electron chi connectivity index (χ2n) is 6.08. The van der Waals surface area contributed by atoms with E-state index in [4.69, 9.17) is 0 Å². The van der Waals surface area contributed by atoms with E-state index in [9.17, 15) is 26.0 Å². The van der Waals surface area contributed by atoms with Gasteiger partial charge in [-0.25, -0.2) is 31.5 Å². The van der Waals surface area contributed by atoms with Crippen LogP contribution in [0, 0.1) is 0 Å². The number of hydrogen-bond donors (Lipinski definition) is 1. The van der Waals surface area contributed by atoms with Crippen LogP contribution in [0.1, 0.15) is 18.5 Å². The van der Waals surface area contributed by atoms with Crippen molar-refractivity contribution in [2.75, 3.05) is 4.72 Å². The minimum atomic E-state index is -4.23. The molecule has 1 N–H and O–H groups in total. The van der Waals surface area contributed by atoms with Crippen molar-refractivity contribution in [1.29, 1.82) is 0 Å². The Hall–Kier alpha value is -3.48. The zero-order valence-corrected chi connectivity index (χ0v) is 15.6. The number of alkyl halides is 4. The molecule has 0 bridgehead atoms. The first kappa shape index (κ1) is 19.8. The van der Waals surface area contributed by atoms with Crippen LogP contribution in [0.2, 0.25) is 0 Å². The molecule has 8 nitrogen and oxygen atoms in total. The summed E-state index contributed by atoms with van der Waals surface area (Å²) in [6.45, 7) is -2.97. The molecule has 4 rings (SSSR count). The third-order valence-corrected chi connectivity index (χ3v) is 5.49. The van der Waals surface area contributed by atoms with Crippen molar-refractivity contribution in [2.45, 2.75) is 17.9 Å². The fourth-order valence-electron chi connectivity index (χ4n) is 2.80. The summed E-state index contributed by atoms with van der Waals surface area (Å²) in [7, 11) is -4.23. The van der Waals surface area contributed by atoms with Gasteiger partial charge in [-0.1, -0.05) is 12.1 Å². The smallest absolute Gasteiger partial charge is 0.277 e. The number of rotatable bonds is 6. The Morgan fingerprint density at radius 2 is 1.83 bits per heavy atom. The van der Waals surface area contributed by atoms with E-state index in [-0.39, 0.29) is 27.5 Å². The van der Waals surface area contributed by atoms with Gasteiger partial charge >= 0.3 is 6.55 Å². The molecule has 0 fully saturated rings. The molecular weight excluding hydrogens is 428 g/mol. The molecule has 0 saturated heterocycles. The van der Waals surface area contributed by atoms with E-state index < -0.39 is 23.0 Å². The Bertz CT molecular complexity index is 1320. The van der Waals surface area contributed by atoms with Gasteiger partial charge in [0.1, 0.15) is 4.90 Å². The Morgan fingerprint density at radius 1 is 1.03 bits per heavy atom. The van der Waals surface area contributed by atoms with Crippen molar-refractivity contribution < 1.29 is 26.0 Å². The lowest BCUT2D eigenvalue weighted by Crippen LogP contribution is -2.14. The zero-order valence-electron chi connectivity index (χ0n) is 14.8. The van der Waals surface area contributed by atoms with Gasteiger partial charge in [-0.3, -0.25) is 4.72 Å². The number of anilines is 1. The van der Waals surface area contributed by atoms with Crippen LogP contribution >= 0.6 is 0 Å². The van der Waals surface area contributed by atoms with E-state index in [2.05, 4.69) is 19.9 Å². The third kappa shape index (κ3) is 3.58. The molecule has 13 heteroatoms. The summed E-state index contributed by atoms with van der Waals surface area (Å²) in [6, 6.07) is 6.52. The van der Waals surface area contributed by atoms with Crippen LogP contribution in [0.3, 0.4) is 0 Å². The molecule has 0 aliphatic heterocycles. The summed E-state index contributed by atoms with van der Waals surface area (Å²) in [5.74, 6) is -0.00729. The molecule has 0 atom stereocenters. The molecule has 0 aliphatic rings. The highest BCUT2D eigenvalue weighted by Gasteiger charge is 2.22. The molecule has 1 aromatic carbocycles. The van der Waals surface area contributed by atoms with Gasteiger partial charge in [-0.2, -0.15) is 19.0 Å². The molecule has 3 heterocycles. The Labute approximate surface area is 166 Å². The van der Waals surface area contributed by atoms with Gasteiger partial charge in [0.25, 0.3) is 16.4 Å². The number of para-hydroxylation sites is 1. The summed E-state index contributed by atoms with van der Waals surface area (Å²) < 4.78 is 81.3. The van der Waals surface area contributed by atoms with Crippen LogP contribution in [0.25, 0.3) is 16.7 Å². The Balaban J connectivity index is 1.69. The molecule has 3 aromatic heterocycles. The molecule has 0 spiro atoms. The lowest BCUT2D eigenvalue weighted by molar-refractivity contribution is 0.0616. The SMILES string of the molecule is O=S(=O)(Nc1cccc2cnn(C(F)F)c12)c1cnn(-c2cc(C(F)F)ccn2)c1. The zero-order chi connectivity index (χ0) is 21.5. The second-order valence-corrected chi connectivity index (χ2v) is 7.77. The summed E-state index contributed by atoms with van der Waals surface area (Å²) in [4.78, 5) is 3.58. The van der Waals surface area contributed by atoms with Crippen molar-refractivity contribution in [1.82, 2.24) is 24.5 Å². The summed E-state index contributed by atoms with van der Waals surface area (Å²) in [6.07, 6.45) is 1.68. The Kier molecular flexibility index (Phi) is 4.89. The van der Waals surface area contributed by atoms with Crippen molar-refractivity contribution in [2.24, 2.45) is 0 Å². The number of hydrogen-bond acceptors (Lipinski definition) is 5. The first-order valence-electron chi connectivity index (χ1n) is 8.32. The highest BCUT2D eigenvalue weighted by Crippen LogP contribution is 2.29. The highest BCUT2D eigenvalue weighted by atomic mass is 32.2. The van der Waals surface area contributed by atoms with Gasteiger partial charge in [0.2, 0.25) is 0 Å². The average molecular weight is 440 g/mol. The minimum Gasteiger partial charge on any atom is -0.277 e. The van der Waals surface area contributed by atoms with Crippen LogP contribution in [0.5, 0.6) is 0 Å². The highest BCUT2D eigenvalue weighted by molar-refractivity contribution is 7.92. The van der Waals surface area contributed by atoms with Crippen molar-refractivity contribution in [3.63, 3.8) is 0 Å². The van der Waals surface area contributed by atoms with Crippen molar-refractivity contribution in [3.8, 4) is 5.82 Å². The second kappa shape index (κ2) is 7.40. The number of pyridine rings is 1. The molecule has 0 amide bonds.